The van der Waals surface area contributed by atoms with Crippen LogP contribution in [-0.2, 0) is 14.3 Å². The van der Waals surface area contributed by atoms with Gasteiger partial charge in [-0.2, -0.15) is 0 Å². The van der Waals surface area contributed by atoms with Gasteiger partial charge in [0.05, 0.1) is 25.4 Å². The monoisotopic (exact) mass is 1280 g/mol. The average Bonchev–Trinajstić information content (AvgIpc) is 3.64. The quantitative estimate of drug-likeness (QED) is 0.0320. The third kappa shape index (κ3) is 77.0. The molecule has 2 atom stereocenters. The van der Waals surface area contributed by atoms with E-state index in [1.165, 1.54) is 385 Å². The molecule has 0 heterocycles. The minimum Gasteiger partial charge on any atom is -0.466 e. The number of amides is 1. The van der Waals surface area contributed by atoms with Crippen molar-refractivity contribution in [2.75, 3.05) is 13.2 Å². The van der Waals surface area contributed by atoms with E-state index >= 15 is 0 Å². The maximum Gasteiger partial charge on any atom is 0.305 e. The topological polar surface area (TPSA) is 95.9 Å². The number of aliphatic hydroxyl groups is 2. The van der Waals surface area contributed by atoms with Crippen molar-refractivity contribution in [1.82, 2.24) is 5.32 Å². The number of carbonyl (C=O) groups excluding carboxylic acids is 2. The van der Waals surface area contributed by atoms with Crippen molar-refractivity contribution in [3.05, 3.63) is 36.5 Å². The van der Waals surface area contributed by atoms with E-state index in [2.05, 4.69) is 55.6 Å². The molecule has 0 aliphatic carbocycles. The first-order valence-electron chi connectivity index (χ1n) is 41.7. The molecule has 0 bridgehead atoms. The molecule has 0 saturated heterocycles. The molecule has 0 aliphatic rings. The zero-order valence-electron chi connectivity index (χ0n) is 61.9. The highest BCUT2D eigenvalue weighted by Gasteiger charge is 2.20. The number of carbonyl (C=O) groups is 2. The van der Waals surface area contributed by atoms with E-state index in [1.54, 1.807) is 0 Å². The first kappa shape index (κ1) is 89.1. The van der Waals surface area contributed by atoms with Gasteiger partial charge in [-0.1, -0.05) is 410 Å². The molecule has 0 spiro atoms. The maximum absolute atomic E-state index is 12.6. The van der Waals surface area contributed by atoms with Gasteiger partial charge in [0.15, 0.2) is 0 Å². The lowest BCUT2D eigenvalue weighted by molar-refractivity contribution is -0.143. The van der Waals surface area contributed by atoms with Crippen LogP contribution in [0.5, 0.6) is 0 Å². The number of esters is 1. The van der Waals surface area contributed by atoms with Crippen LogP contribution < -0.4 is 5.32 Å². The SMILES string of the molecule is CCCCCC/C=C\C/C=C\CCCCCCCCCC(=O)OCCCCCCCCCCCCCC/C=C\CCCCCCCCCCCCCCCCCCCC(=O)NC(CO)C(O)CCCCCCCCCCCCCCCCCCCCCCCCC. The molecule has 0 radical (unpaired) electrons. The molecule has 1 amide bonds. The second-order valence-corrected chi connectivity index (χ2v) is 28.8. The van der Waals surface area contributed by atoms with Crippen molar-refractivity contribution in [3.63, 3.8) is 0 Å². The van der Waals surface area contributed by atoms with E-state index in [-0.39, 0.29) is 18.5 Å². The molecule has 0 aliphatic heterocycles. The second-order valence-electron chi connectivity index (χ2n) is 28.8. The number of unbranched alkanes of at least 4 members (excludes halogenated alkanes) is 62. The fourth-order valence-corrected chi connectivity index (χ4v) is 13.3. The Kier molecular flexibility index (Phi) is 78.8. The molecule has 0 rings (SSSR count). The highest BCUT2D eigenvalue weighted by Crippen LogP contribution is 2.20. The normalized spacial score (nSPS) is 12.6. The van der Waals surface area contributed by atoms with Crippen molar-refractivity contribution in [2.24, 2.45) is 0 Å². The van der Waals surface area contributed by atoms with Crippen molar-refractivity contribution in [2.45, 2.75) is 482 Å². The second kappa shape index (κ2) is 80.5. The summed E-state index contributed by atoms with van der Waals surface area (Å²) in [6.45, 7) is 4.99. The predicted octanol–water partition coefficient (Wildman–Crippen LogP) is 27.8. The van der Waals surface area contributed by atoms with Crippen LogP contribution >= 0.6 is 0 Å². The molecule has 538 valence electrons. The Balaban J connectivity index is 3.35. The van der Waals surface area contributed by atoms with E-state index in [0.717, 1.165) is 51.4 Å². The summed E-state index contributed by atoms with van der Waals surface area (Å²) in [5.74, 6) is -0.0140. The highest BCUT2D eigenvalue weighted by molar-refractivity contribution is 5.76. The van der Waals surface area contributed by atoms with Crippen molar-refractivity contribution < 1.29 is 24.5 Å². The minimum atomic E-state index is -0.664. The molecular formula is C85H163NO5. The van der Waals surface area contributed by atoms with Crippen molar-refractivity contribution in [1.29, 1.82) is 0 Å². The first-order chi connectivity index (χ1) is 45.0. The van der Waals surface area contributed by atoms with Gasteiger partial charge < -0.3 is 20.3 Å². The molecule has 0 aromatic heterocycles. The summed E-state index contributed by atoms with van der Waals surface area (Å²) in [4.78, 5) is 24.7. The lowest BCUT2D eigenvalue weighted by Crippen LogP contribution is -2.45. The van der Waals surface area contributed by atoms with E-state index in [9.17, 15) is 19.8 Å². The molecular weight excluding hydrogens is 1110 g/mol. The summed E-state index contributed by atoms with van der Waals surface area (Å²) in [6.07, 6.45) is 105. The largest absolute Gasteiger partial charge is 0.466 e. The van der Waals surface area contributed by atoms with Gasteiger partial charge in [0.25, 0.3) is 0 Å². The Bertz CT molecular complexity index is 1470. The Morgan fingerprint density at radius 3 is 0.857 bits per heavy atom. The van der Waals surface area contributed by atoms with Gasteiger partial charge in [-0.05, 0) is 83.5 Å². The summed E-state index contributed by atoms with van der Waals surface area (Å²) < 4.78 is 5.51. The summed E-state index contributed by atoms with van der Waals surface area (Å²) in [6, 6.07) is -0.541. The van der Waals surface area contributed by atoms with Crippen LogP contribution in [0.4, 0.5) is 0 Å². The van der Waals surface area contributed by atoms with Gasteiger partial charge in [0, 0.05) is 12.8 Å². The van der Waals surface area contributed by atoms with Gasteiger partial charge >= 0.3 is 5.97 Å². The summed E-state index contributed by atoms with van der Waals surface area (Å²) in [5, 5.41) is 23.5. The van der Waals surface area contributed by atoms with Crippen LogP contribution in [0.15, 0.2) is 36.5 Å². The third-order valence-corrected chi connectivity index (χ3v) is 19.7. The van der Waals surface area contributed by atoms with Crippen LogP contribution in [0.1, 0.15) is 470 Å². The number of ether oxygens (including phenoxy) is 1. The first-order valence-corrected chi connectivity index (χ1v) is 41.7. The number of nitrogens with one attached hydrogen (secondary N) is 1. The Labute approximate surface area is 570 Å². The van der Waals surface area contributed by atoms with Gasteiger partial charge in [-0.3, -0.25) is 9.59 Å². The molecule has 0 fully saturated rings. The molecule has 0 aromatic carbocycles. The predicted molar refractivity (Wildman–Crippen MR) is 403 cm³/mol. The van der Waals surface area contributed by atoms with Crippen LogP contribution in [0.25, 0.3) is 0 Å². The molecule has 91 heavy (non-hydrogen) atoms. The van der Waals surface area contributed by atoms with Gasteiger partial charge in [0.2, 0.25) is 5.91 Å². The number of allylic oxidation sites excluding steroid dienone is 6. The van der Waals surface area contributed by atoms with E-state index < -0.39 is 12.1 Å². The smallest absolute Gasteiger partial charge is 0.305 e. The molecule has 3 N–H and O–H groups in total. The fraction of sp³-hybridized carbons (Fsp3) is 0.906. The summed E-state index contributed by atoms with van der Waals surface area (Å²) in [7, 11) is 0. The number of aliphatic hydroxyl groups excluding tert-OH is 2. The van der Waals surface area contributed by atoms with Gasteiger partial charge in [0.1, 0.15) is 0 Å². The van der Waals surface area contributed by atoms with Crippen LogP contribution in [0.3, 0.4) is 0 Å². The molecule has 6 nitrogen and oxygen atoms in total. The fourth-order valence-electron chi connectivity index (χ4n) is 13.3. The lowest BCUT2D eigenvalue weighted by Gasteiger charge is -2.22. The Hall–Kier alpha value is -1.92. The van der Waals surface area contributed by atoms with Crippen molar-refractivity contribution in [3.8, 4) is 0 Å². The van der Waals surface area contributed by atoms with Crippen LogP contribution in [-0.4, -0.2) is 47.4 Å². The summed E-state index contributed by atoms with van der Waals surface area (Å²) in [5.41, 5.74) is 0. The molecule has 0 aromatic rings. The zero-order chi connectivity index (χ0) is 65.6. The molecule has 2 unspecified atom stereocenters. The molecule has 0 saturated carbocycles. The van der Waals surface area contributed by atoms with E-state index in [1.807, 2.05) is 0 Å². The van der Waals surface area contributed by atoms with E-state index in [0.29, 0.717) is 25.9 Å². The Morgan fingerprint density at radius 1 is 0.308 bits per heavy atom. The van der Waals surface area contributed by atoms with Gasteiger partial charge in [-0.15, -0.1) is 0 Å². The van der Waals surface area contributed by atoms with Crippen molar-refractivity contribution >= 4 is 11.9 Å². The Morgan fingerprint density at radius 2 is 0.549 bits per heavy atom. The highest BCUT2D eigenvalue weighted by atomic mass is 16.5. The number of rotatable bonds is 79. The van der Waals surface area contributed by atoms with Crippen LogP contribution in [0.2, 0.25) is 0 Å². The zero-order valence-corrected chi connectivity index (χ0v) is 61.9. The maximum atomic E-state index is 12.6. The van der Waals surface area contributed by atoms with E-state index in [4.69, 9.17) is 4.74 Å². The third-order valence-electron chi connectivity index (χ3n) is 19.7. The standard InChI is InChI=1S/C85H163NO5/c1-3-5-7-9-11-13-15-17-19-21-23-24-36-39-42-45-49-53-57-61-65-69-73-77-83(88)82(81-87)86-84(89)78-74-70-66-62-58-54-50-46-43-40-37-34-32-30-28-26-25-27-29-31-33-35-38-41-44-48-52-56-60-64-68-72-76-80-91-85(90)79-75-71-67-63-59-55-51-47-22-20-18-16-14-12-10-8-6-4-2/h14,16,20,22,29,31,82-83,87-88H,3-13,15,17-19,21,23-28,30,32-81H2,1-2H3,(H,86,89)/b16-14-,22-20-,31-29-. The van der Waals surface area contributed by atoms with Gasteiger partial charge in [-0.25, -0.2) is 0 Å². The van der Waals surface area contributed by atoms with Crippen LogP contribution in [0, 0.1) is 0 Å². The minimum absolute atomic E-state index is 0.0123. The number of hydrogen-bond donors (Lipinski definition) is 3. The average molecular weight is 1280 g/mol. The number of hydrogen-bond acceptors (Lipinski definition) is 5. The molecule has 6 heteroatoms. The summed E-state index contributed by atoms with van der Waals surface area (Å²) >= 11 is 0. The lowest BCUT2D eigenvalue weighted by atomic mass is 10.0.